The number of hydrogen-bond acceptors (Lipinski definition) is 6. The van der Waals surface area contributed by atoms with Gasteiger partial charge in [-0.05, 0) is 59.7 Å². The Hall–Kier alpha value is -6.84. The monoisotopic (exact) mass is 798 g/mol. The average Bonchev–Trinajstić information content (AvgIpc) is 3.76. The zero-order chi connectivity index (χ0) is 41.4. The molecule has 0 amide bonds. The Balaban J connectivity index is 0.000000177. The quantitative estimate of drug-likeness (QED) is 0.138. The molecule has 16 heteroatoms. The summed E-state index contributed by atoms with van der Waals surface area (Å²) in [6.45, 7) is 0.0105. The first-order valence-corrected chi connectivity index (χ1v) is 17.9. The molecule has 4 aromatic heterocycles. The van der Waals surface area contributed by atoms with Gasteiger partial charge in [0.05, 0.1) is 33.5 Å². The topological polar surface area (TPSA) is 114 Å². The van der Waals surface area contributed by atoms with Crippen molar-refractivity contribution in [1.29, 1.82) is 0 Å². The van der Waals surface area contributed by atoms with Crippen LogP contribution in [-0.2, 0) is 49.6 Å². The fourth-order valence-electron chi connectivity index (χ4n) is 6.97. The fourth-order valence-corrected chi connectivity index (χ4v) is 6.97. The second-order valence-electron chi connectivity index (χ2n) is 13.7. The van der Waals surface area contributed by atoms with E-state index in [4.69, 9.17) is 0 Å². The highest BCUT2D eigenvalue weighted by atomic mass is 19.2. The number of benzene rings is 4. The van der Waals surface area contributed by atoms with E-state index in [0.29, 0.717) is 43.6 Å². The maximum atomic E-state index is 13.9. The number of rotatable bonds is 10. The van der Waals surface area contributed by atoms with E-state index in [0.717, 1.165) is 24.3 Å². The van der Waals surface area contributed by atoms with Gasteiger partial charge in [-0.2, -0.15) is 10.2 Å². The molecule has 0 aliphatic rings. The second-order valence-corrected chi connectivity index (χ2v) is 13.7. The standard InChI is InChI=1S/2C21H16F3N3O2/c1-26-11-17-20(25-26)16-5-4-14(23)10-19(16)27(21(17)29)7-6-15(28)8-12-2-3-13(22)9-18(12)24;1-26-20-16-5-4-14(23)10-19(16)27(21(29)17(20)11-25-26)7-6-15(28)8-12-2-3-13(22)9-18(12)24/h2*2-5,9-11H,6-8H2,1H3. The van der Waals surface area contributed by atoms with Crippen LogP contribution in [0.1, 0.15) is 24.0 Å². The van der Waals surface area contributed by atoms with Crippen LogP contribution < -0.4 is 11.1 Å². The summed E-state index contributed by atoms with van der Waals surface area (Å²) >= 11 is 0. The number of carbonyl (C=O) groups is 2. The number of pyridine rings is 2. The van der Waals surface area contributed by atoms with Crippen LogP contribution in [0.5, 0.6) is 0 Å². The van der Waals surface area contributed by atoms with Crippen molar-refractivity contribution in [3.05, 3.63) is 152 Å². The van der Waals surface area contributed by atoms with Crippen LogP contribution in [0, 0.1) is 34.9 Å². The smallest absolute Gasteiger partial charge is 0.262 e. The maximum Gasteiger partial charge on any atom is 0.262 e. The Morgan fingerprint density at radius 1 is 0.586 bits per heavy atom. The van der Waals surface area contributed by atoms with Crippen molar-refractivity contribution >= 4 is 55.2 Å². The van der Waals surface area contributed by atoms with E-state index in [-0.39, 0.29) is 72.6 Å². The molecule has 296 valence electrons. The van der Waals surface area contributed by atoms with Gasteiger partial charge in [0.2, 0.25) is 0 Å². The van der Waals surface area contributed by atoms with Gasteiger partial charge >= 0.3 is 0 Å². The first-order chi connectivity index (χ1) is 27.7. The number of Topliss-reactive ketones (excluding diaryl/α,β-unsaturated/α-hetero) is 2. The molecule has 8 rings (SSSR count). The maximum absolute atomic E-state index is 13.9. The van der Waals surface area contributed by atoms with Gasteiger partial charge in [-0.3, -0.25) is 28.5 Å². The number of aromatic nitrogens is 6. The van der Waals surface area contributed by atoms with E-state index < -0.39 is 34.9 Å². The Bertz CT molecular complexity index is 2970. The lowest BCUT2D eigenvalue weighted by atomic mass is 10.1. The molecule has 10 nitrogen and oxygen atoms in total. The third-order valence-electron chi connectivity index (χ3n) is 9.76. The zero-order valence-electron chi connectivity index (χ0n) is 30.9. The third kappa shape index (κ3) is 7.90. The van der Waals surface area contributed by atoms with E-state index in [1.807, 2.05) is 0 Å². The molecule has 0 unspecified atom stereocenters. The Morgan fingerprint density at radius 2 is 1.05 bits per heavy atom. The number of halogens is 6. The molecule has 0 aliphatic heterocycles. The number of carbonyl (C=O) groups excluding carboxylic acids is 2. The molecule has 0 saturated carbocycles. The summed E-state index contributed by atoms with van der Waals surface area (Å²) in [6.07, 6.45) is 2.45. The molecule has 0 bridgehead atoms. The average molecular weight is 799 g/mol. The number of aryl methyl sites for hydroxylation is 4. The van der Waals surface area contributed by atoms with Crippen LogP contribution in [0.2, 0.25) is 0 Å². The van der Waals surface area contributed by atoms with Crippen molar-refractivity contribution in [3.63, 3.8) is 0 Å². The molecule has 0 atom stereocenters. The second kappa shape index (κ2) is 16.0. The fraction of sp³-hybridized carbons (Fsp3) is 0.190. The minimum Gasteiger partial charge on any atom is -0.307 e. The minimum atomic E-state index is -0.792. The summed E-state index contributed by atoms with van der Waals surface area (Å²) in [6, 6.07) is 14.2. The van der Waals surface area contributed by atoms with Gasteiger partial charge in [0.15, 0.2) is 0 Å². The van der Waals surface area contributed by atoms with Crippen LogP contribution in [0.3, 0.4) is 0 Å². The zero-order valence-corrected chi connectivity index (χ0v) is 30.9. The summed E-state index contributed by atoms with van der Waals surface area (Å²) in [5.41, 5.74) is 1.14. The van der Waals surface area contributed by atoms with E-state index in [2.05, 4.69) is 10.2 Å². The van der Waals surface area contributed by atoms with Crippen molar-refractivity contribution in [1.82, 2.24) is 28.7 Å². The van der Waals surface area contributed by atoms with Crippen molar-refractivity contribution in [2.75, 3.05) is 0 Å². The predicted molar refractivity (Wildman–Crippen MR) is 204 cm³/mol. The van der Waals surface area contributed by atoms with Gasteiger partial charge in [-0.15, -0.1) is 0 Å². The van der Waals surface area contributed by atoms with Crippen molar-refractivity contribution in [3.8, 4) is 0 Å². The van der Waals surface area contributed by atoms with Crippen molar-refractivity contribution in [2.45, 2.75) is 38.8 Å². The first-order valence-electron chi connectivity index (χ1n) is 17.9. The van der Waals surface area contributed by atoms with Crippen molar-refractivity contribution in [2.24, 2.45) is 14.1 Å². The first kappa shape index (κ1) is 39.4. The molecule has 8 aromatic rings. The van der Waals surface area contributed by atoms with Gasteiger partial charge in [0.25, 0.3) is 11.1 Å². The van der Waals surface area contributed by atoms with Crippen molar-refractivity contribution < 1.29 is 35.9 Å². The lowest BCUT2D eigenvalue weighted by Gasteiger charge is -2.12. The normalized spacial score (nSPS) is 11.4. The Kier molecular flexibility index (Phi) is 10.8. The third-order valence-corrected chi connectivity index (χ3v) is 9.76. The van der Waals surface area contributed by atoms with Gasteiger partial charge in [-0.25, -0.2) is 26.3 Å². The van der Waals surface area contributed by atoms with Gasteiger partial charge in [-0.1, -0.05) is 12.1 Å². The van der Waals surface area contributed by atoms with Gasteiger partial charge < -0.3 is 9.13 Å². The SMILES string of the molecule is Cn1cc2c(=O)n(CCC(=O)Cc3ccc(F)cc3F)c3cc(F)ccc3c2n1.Cn1ncc2c(=O)n(CCC(=O)Cc3ccc(F)cc3F)c3cc(F)ccc3c21. The molecule has 0 aliphatic carbocycles. The number of ketones is 2. The molecule has 4 heterocycles. The highest BCUT2D eigenvalue weighted by Gasteiger charge is 2.18. The molecular formula is C42H32F6N6O4. The van der Waals surface area contributed by atoms with Crippen LogP contribution in [-0.4, -0.2) is 40.3 Å². The van der Waals surface area contributed by atoms with Crippen LogP contribution >= 0.6 is 0 Å². The van der Waals surface area contributed by atoms with Crippen LogP contribution in [0.4, 0.5) is 26.3 Å². The summed E-state index contributed by atoms with van der Waals surface area (Å²) in [7, 11) is 3.37. The highest BCUT2D eigenvalue weighted by molar-refractivity contribution is 6.04. The summed E-state index contributed by atoms with van der Waals surface area (Å²) in [5.74, 6) is -4.68. The van der Waals surface area contributed by atoms with E-state index >= 15 is 0 Å². The van der Waals surface area contributed by atoms with Crippen LogP contribution in [0.15, 0.2) is 94.8 Å². The molecule has 0 saturated heterocycles. The summed E-state index contributed by atoms with van der Waals surface area (Å²) < 4.78 is 87.0. The molecule has 58 heavy (non-hydrogen) atoms. The minimum absolute atomic E-state index is 0.00523. The molecule has 0 N–H and O–H groups in total. The lowest BCUT2D eigenvalue weighted by molar-refractivity contribution is -0.119. The van der Waals surface area contributed by atoms with E-state index in [1.54, 1.807) is 37.1 Å². The van der Waals surface area contributed by atoms with Gasteiger partial charge in [0, 0.05) is 82.0 Å². The Morgan fingerprint density at radius 3 is 1.59 bits per heavy atom. The lowest BCUT2D eigenvalue weighted by Crippen LogP contribution is -2.23. The predicted octanol–water partition coefficient (Wildman–Crippen LogP) is 7.01. The number of fused-ring (bicyclic) bond motifs is 6. The highest BCUT2D eigenvalue weighted by Crippen LogP contribution is 2.25. The van der Waals surface area contributed by atoms with E-state index in [9.17, 15) is 45.5 Å². The molecule has 0 spiro atoms. The number of hydrogen-bond donors (Lipinski definition) is 0. The summed E-state index contributed by atoms with van der Waals surface area (Å²) in [5, 5.41) is 10.4. The largest absolute Gasteiger partial charge is 0.307 e. The Labute approximate surface area is 324 Å². The van der Waals surface area contributed by atoms with E-state index in [1.165, 1.54) is 56.4 Å². The molecular weight excluding hydrogens is 766 g/mol. The number of nitrogens with zero attached hydrogens (tertiary/aromatic N) is 6. The molecule has 0 fully saturated rings. The molecule has 4 aromatic carbocycles. The molecule has 0 radical (unpaired) electrons. The van der Waals surface area contributed by atoms with Gasteiger partial charge in [0.1, 0.15) is 52.0 Å². The summed E-state index contributed by atoms with van der Waals surface area (Å²) in [4.78, 5) is 50.5. The van der Waals surface area contributed by atoms with Crippen LogP contribution in [0.25, 0.3) is 43.6 Å².